The number of Topliss-reactive ketones (excluding diaryl/α,β-unsaturated/α-hetero) is 1. The molecule has 0 aliphatic carbocycles. The molecule has 1 aromatic rings. The maximum atomic E-state index is 11.5. The van der Waals surface area contributed by atoms with Gasteiger partial charge < -0.3 is 15.1 Å². The molecule has 1 aliphatic rings. The van der Waals surface area contributed by atoms with Crippen LogP contribution < -0.4 is 10.6 Å². The molecule has 5 nitrogen and oxygen atoms in total. The number of hydrogen-bond donors (Lipinski definition) is 2. The van der Waals surface area contributed by atoms with Gasteiger partial charge >= 0.3 is 0 Å². The van der Waals surface area contributed by atoms with E-state index in [1.54, 1.807) is 6.92 Å². The molecule has 1 amide bonds. The standard InChI is InChI=1S/C10H12N2O3S/c1-4-9(14)12-7-6(11-4)8(5(2)13)15-10(7)16-3/h4,11H,1-3H3,(H,12,14)/t4-/m0/s1. The molecule has 1 aromatic heterocycles. The lowest BCUT2D eigenvalue weighted by atomic mass is 10.2. The fourth-order valence-corrected chi connectivity index (χ4v) is 2.09. The summed E-state index contributed by atoms with van der Waals surface area (Å²) in [4.78, 5) is 22.9. The number of rotatable bonds is 2. The first-order chi connectivity index (χ1) is 7.54. The zero-order valence-corrected chi connectivity index (χ0v) is 10.0. The van der Waals surface area contributed by atoms with E-state index >= 15 is 0 Å². The number of nitrogens with one attached hydrogen (secondary N) is 2. The van der Waals surface area contributed by atoms with Crippen LogP contribution in [0.4, 0.5) is 11.4 Å². The van der Waals surface area contributed by atoms with Gasteiger partial charge in [-0.25, -0.2) is 0 Å². The number of thioether (sulfide) groups is 1. The second-order valence-corrected chi connectivity index (χ2v) is 4.36. The van der Waals surface area contributed by atoms with Crippen molar-refractivity contribution in [2.24, 2.45) is 0 Å². The Morgan fingerprint density at radius 3 is 2.69 bits per heavy atom. The van der Waals surface area contributed by atoms with E-state index in [0.29, 0.717) is 16.5 Å². The van der Waals surface area contributed by atoms with E-state index in [-0.39, 0.29) is 23.5 Å². The van der Waals surface area contributed by atoms with E-state index in [0.717, 1.165) is 0 Å². The number of amides is 1. The second-order valence-electron chi connectivity index (χ2n) is 3.58. The van der Waals surface area contributed by atoms with Crippen LogP contribution in [0.1, 0.15) is 24.4 Å². The second kappa shape index (κ2) is 3.86. The first-order valence-corrected chi connectivity index (χ1v) is 6.06. The summed E-state index contributed by atoms with van der Waals surface area (Å²) in [7, 11) is 0. The van der Waals surface area contributed by atoms with Gasteiger partial charge in [-0.3, -0.25) is 9.59 Å². The fourth-order valence-electron chi connectivity index (χ4n) is 1.57. The van der Waals surface area contributed by atoms with Gasteiger partial charge in [-0.05, 0) is 13.2 Å². The molecule has 6 heteroatoms. The lowest BCUT2D eigenvalue weighted by Crippen LogP contribution is -2.36. The largest absolute Gasteiger partial charge is 0.442 e. The van der Waals surface area contributed by atoms with E-state index in [4.69, 9.17) is 4.42 Å². The Labute approximate surface area is 97.0 Å². The summed E-state index contributed by atoms with van der Waals surface area (Å²) in [6.07, 6.45) is 1.83. The van der Waals surface area contributed by atoms with Crippen molar-refractivity contribution in [1.82, 2.24) is 0 Å². The minimum atomic E-state index is -0.363. The van der Waals surface area contributed by atoms with Crippen LogP contribution in [0, 0.1) is 0 Å². The molecular weight excluding hydrogens is 228 g/mol. The van der Waals surface area contributed by atoms with Crippen LogP contribution >= 0.6 is 11.8 Å². The van der Waals surface area contributed by atoms with E-state index in [9.17, 15) is 9.59 Å². The SMILES string of the molecule is CSc1oc(C(C)=O)c2c1NC(=O)[C@H](C)N2. The topological polar surface area (TPSA) is 71.3 Å². The minimum absolute atomic E-state index is 0.126. The summed E-state index contributed by atoms with van der Waals surface area (Å²) in [5.74, 6) is -0.0164. The molecule has 0 fully saturated rings. The van der Waals surface area contributed by atoms with Gasteiger partial charge in [0.2, 0.25) is 5.91 Å². The molecule has 0 bridgehead atoms. The summed E-state index contributed by atoms with van der Waals surface area (Å²) in [6.45, 7) is 3.17. The monoisotopic (exact) mass is 240 g/mol. The van der Waals surface area contributed by atoms with Crippen molar-refractivity contribution in [3.05, 3.63) is 5.76 Å². The average molecular weight is 240 g/mol. The predicted molar refractivity (Wildman–Crippen MR) is 62.2 cm³/mol. The molecular formula is C10H12N2O3S. The number of furan rings is 1. The highest BCUT2D eigenvalue weighted by Crippen LogP contribution is 2.41. The van der Waals surface area contributed by atoms with Gasteiger partial charge in [0.25, 0.3) is 0 Å². The van der Waals surface area contributed by atoms with E-state index in [1.807, 2.05) is 6.26 Å². The first-order valence-electron chi connectivity index (χ1n) is 4.83. The van der Waals surface area contributed by atoms with Crippen LogP contribution in [-0.4, -0.2) is 24.0 Å². The highest BCUT2D eigenvalue weighted by Gasteiger charge is 2.31. The summed E-state index contributed by atoms with van der Waals surface area (Å²) < 4.78 is 5.41. The van der Waals surface area contributed by atoms with Crippen molar-refractivity contribution in [2.45, 2.75) is 25.0 Å². The quantitative estimate of drug-likeness (QED) is 0.610. The molecule has 0 saturated carbocycles. The molecule has 16 heavy (non-hydrogen) atoms. The number of fused-ring (bicyclic) bond motifs is 1. The molecule has 0 spiro atoms. The Morgan fingerprint density at radius 1 is 1.44 bits per heavy atom. The van der Waals surface area contributed by atoms with Crippen LogP contribution in [-0.2, 0) is 4.79 Å². The molecule has 1 aliphatic heterocycles. The zero-order chi connectivity index (χ0) is 11.9. The molecule has 0 radical (unpaired) electrons. The van der Waals surface area contributed by atoms with Gasteiger partial charge in [-0.2, -0.15) is 0 Å². The van der Waals surface area contributed by atoms with Crippen molar-refractivity contribution >= 4 is 34.8 Å². The number of anilines is 2. The fraction of sp³-hybridized carbons (Fsp3) is 0.400. The van der Waals surface area contributed by atoms with Crippen molar-refractivity contribution < 1.29 is 14.0 Å². The molecule has 0 aromatic carbocycles. The Balaban J connectivity index is 2.55. The molecule has 86 valence electrons. The molecule has 2 N–H and O–H groups in total. The summed E-state index contributed by atoms with van der Waals surface area (Å²) in [5.41, 5.74) is 1.16. The molecule has 2 rings (SSSR count). The summed E-state index contributed by atoms with van der Waals surface area (Å²) in [5, 5.41) is 6.26. The zero-order valence-electron chi connectivity index (χ0n) is 9.21. The Bertz CT molecular complexity index is 467. The number of hydrogen-bond acceptors (Lipinski definition) is 5. The van der Waals surface area contributed by atoms with E-state index < -0.39 is 0 Å². The lowest BCUT2D eigenvalue weighted by Gasteiger charge is -2.21. The van der Waals surface area contributed by atoms with Crippen molar-refractivity contribution in [3.8, 4) is 0 Å². The number of carbonyl (C=O) groups is 2. The Hall–Kier alpha value is -1.43. The maximum Gasteiger partial charge on any atom is 0.246 e. The van der Waals surface area contributed by atoms with Crippen molar-refractivity contribution in [2.75, 3.05) is 16.9 Å². The first kappa shape index (κ1) is 11.1. The highest BCUT2D eigenvalue weighted by atomic mass is 32.2. The lowest BCUT2D eigenvalue weighted by molar-refractivity contribution is -0.116. The van der Waals surface area contributed by atoms with E-state index in [2.05, 4.69) is 10.6 Å². The van der Waals surface area contributed by atoms with Gasteiger partial charge in [-0.1, -0.05) is 11.8 Å². The average Bonchev–Trinajstić information content (AvgIpc) is 2.57. The molecule has 2 heterocycles. The van der Waals surface area contributed by atoms with Crippen LogP contribution in [0.5, 0.6) is 0 Å². The Kier molecular flexibility index (Phi) is 2.67. The van der Waals surface area contributed by atoms with Gasteiger partial charge in [-0.15, -0.1) is 0 Å². The summed E-state index contributed by atoms with van der Waals surface area (Å²) >= 11 is 1.35. The smallest absolute Gasteiger partial charge is 0.246 e. The third-order valence-corrected chi connectivity index (χ3v) is 3.04. The van der Waals surface area contributed by atoms with Crippen LogP contribution in [0.3, 0.4) is 0 Å². The minimum Gasteiger partial charge on any atom is -0.442 e. The molecule has 0 unspecified atom stereocenters. The van der Waals surface area contributed by atoms with Gasteiger partial charge in [0, 0.05) is 6.92 Å². The third-order valence-electron chi connectivity index (χ3n) is 2.38. The molecule has 0 saturated heterocycles. The molecule has 1 atom stereocenters. The van der Waals surface area contributed by atoms with Gasteiger partial charge in [0.05, 0.1) is 0 Å². The van der Waals surface area contributed by atoms with E-state index in [1.165, 1.54) is 18.7 Å². The van der Waals surface area contributed by atoms with Crippen molar-refractivity contribution in [1.29, 1.82) is 0 Å². The Morgan fingerprint density at radius 2 is 2.12 bits per heavy atom. The van der Waals surface area contributed by atoms with Gasteiger partial charge in [0.15, 0.2) is 16.6 Å². The van der Waals surface area contributed by atoms with Crippen LogP contribution in [0.2, 0.25) is 0 Å². The maximum absolute atomic E-state index is 11.5. The third kappa shape index (κ3) is 1.59. The summed E-state index contributed by atoms with van der Waals surface area (Å²) in [6, 6.07) is -0.363. The number of ketones is 1. The predicted octanol–water partition coefficient (Wildman–Crippen LogP) is 1.96. The van der Waals surface area contributed by atoms with Gasteiger partial charge in [0.1, 0.15) is 17.4 Å². The highest BCUT2D eigenvalue weighted by molar-refractivity contribution is 7.98. The van der Waals surface area contributed by atoms with Crippen LogP contribution in [0.25, 0.3) is 0 Å². The van der Waals surface area contributed by atoms with Crippen LogP contribution in [0.15, 0.2) is 9.51 Å². The van der Waals surface area contributed by atoms with Crippen molar-refractivity contribution in [3.63, 3.8) is 0 Å². The number of carbonyl (C=O) groups excluding carboxylic acids is 2. The normalized spacial score (nSPS) is 18.7.